The Labute approximate surface area is 168 Å². The third-order valence-corrected chi connectivity index (χ3v) is 5.72. The molecule has 28 heavy (non-hydrogen) atoms. The van der Waals surface area contributed by atoms with Crippen molar-refractivity contribution in [3.8, 4) is 0 Å². The largest absolute Gasteiger partial charge is 0.354 e. The molecular weight excluding hydrogens is 380 g/mol. The van der Waals surface area contributed by atoms with E-state index in [1.807, 2.05) is 6.07 Å². The van der Waals surface area contributed by atoms with Crippen molar-refractivity contribution in [2.24, 2.45) is 0 Å². The average molecular weight is 406 g/mol. The monoisotopic (exact) mass is 405 g/mol. The van der Waals surface area contributed by atoms with E-state index in [4.69, 9.17) is 0 Å². The van der Waals surface area contributed by atoms with Crippen LogP contribution in [0.5, 0.6) is 0 Å². The number of carbonyl (C=O) groups excluding carboxylic acids is 1. The van der Waals surface area contributed by atoms with Gasteiger partial charge in [0.2, 0.25) is 5.91 Å². The Morgan fingerprint density at radius 2 is 1.68 bits per heavy atom. The second kappa shape index (κ2) is 10.5. The molecule has 0 aromatic heterocycles. The molecule has 0 atom stereocenters. The maximum atomic E-state index is 13.2. The second-order valence-electron chi connectivity index (χ2n) is 6.82. The summed E-state index contributed by atoms with van der Waals surface area (Å²) in [7, 11) is 0. The van der Waals surface area contributed by atoms with E-state index in [1.165, 1.54) is 23.4 Å². The number of benzene rings is 2. The number of nitrogens with zero attached hydrogens (tertiary/aromatic N) is 2. The number of halogens is 2. The molecule has 7 heteroatoms. The Morgan fingerprint density at radius 3 is 2.39 bits per heavy atom. The third kappa shape index (κ3) is 6.58. The first kappa shape index (κ1) is 20.8. The molecule has 3 rings (SSSR count). The minimum atomic E-state index is -0.892. The topological polar surface area (TPSA) is 35.6 Å². The van der Waals surface area contributed by atoms with Gasteiger partial charge < -0.3 is 5.32 Å². The summed E-state index contributed by atoms with van der Waals surface area (Å²) in [4.78, 5) is 17.3. The van der Waals surface area contributed by atoms with Crippen LogP contribution in [0.25, 0.3) is 0 Å². The smallest absolute Gasteiger partial charge is 0.230 e. The highest BCUT2D eigenvalue weighted by Gasteiger charge is 2.16. The van der Waals surface area contributed by atoms with Crippen LogP contribution in [0.3, 0.4) is 0 Å². The van der Waals surface area contributed by atoms with Gasteiger partial charge in [-0.2, -0.15) is 0 Å². The van der Waals surface area contributed by atoms with Crippen molar-refractivity contribution < 1.29 is 13.6 Å². The van der Waals surface area contributed by atoms with Gasteiger partial charge in [-0.3, -0.25) is 14.6 Å². The molecule has 0 radical (unpaired) electrons. The summed E-state index contributed by atoms with van der Waals surface area (Å²) in [6.45, 7) is 6.42. The van der Waals surface area contributed by atoms with Crippen LogP contribution in [0.2, 0.25) is 0 Å². The summed E-state index contributed by atoms with van der Waals surface area (Å²) in [5.41, 5.74) is 1.33. The summed E-state index contributed by atoms with van der Waals surface area (Å²) >= 11 is 1.20. The highest BCUT2D eigenvalue weighted by Crippen LogP contribution is 2.20. The normalized spacial score (nSPS) is 15.5. The Hall–Kier alpha value is -1.96. The first-order valence-electron chi connectivity index (χ1n) is 9.43. The van der Waals surface area contributed by atoms with Gasteiger partial charge in [-0.05, 0) is 23.8 Å². The summed E-state index contributed by atoms with van der Waals surface area (Å²) < 4.78 is 26.1. The van der Waals surface area contributed by atoms with Crippen molar-refractivity contribution in [1.29, 1.82) is 0 Å². The van der Waals surface area contributed by atoms with Gasteiger partial charge in [0.15, 0.2) is 11.6 Å². The van der Waals surface area contributed by atoms with Gasteiger partial charge in [-0.15, -0.1) is 11.8 Å². The first-order chi connectivity index (χ1) is 13.6. The fraction of sp³-hybridized carbons (Fsp3) is 0.381. The zero-order valence-corrected chi connectivity index (χ0v) is 16.6. The lowest BCUT2D eigenvalue weighted by Gasteiger charge is -2.34. The first-order valence-corrected chi connectivity index (χ1v) is 10.4. The number of hydrogen-bond donors (Lipinski definition) is 1. The Bertz CT molecular complexity index is 768. The molecule has 0 spiro atoms. The number of nitrogens with one attached hydrogen (secondary N) is 1. The van der Waals surface area contributed by atoms with Crippen LogP contribution in [0, 0.1) is 11.6 Å². The number of carbonyl (C=O) groups is 1. The Morgan fingerprint density at radius 1 is 0.964 bits per heavy atom. The van der Waals surface area contributed by atoms with Crippen LogP contribution < -0.4 is 5.32 Å². The highest BCUT2D eigenvalue weighted by molar-refractivity contribution is 8.00. The van der Waals surface area contributed by atoms with Crippen LogP contribution >= 0.6 is 11.8 Å². The van der Waals surface area contributed by atoms with E-state index in [0.717, 1.165) is 51.4 Å². The number of thioether (sulfide) groups is 1. The summed E-state index contributed by atoms with van der Waals surface area (Å²) in [5.74, 6) is -1.68. The quantitative estimate of drug-likeness (QED) is 0.685. The van der Waals surface area contributed by atoms with Crippen LogP contribution in [0.1, 0.15) is 5.56 Å². The molecule has 1 N–H and O–H groups in total. The molecule has 0 bridgehead atoms. The van der Waals surface area contributed by atoms with Crippen molar-refractivity contribution in [1.82, 2.24) is 15.1 Å². The predicted molar refractivity (Wildman–Crippen MR) is 108 cm³/mol. The molecule has 1 amide bonds. The Kier molecular flexibility index (Phi) is 7.82. The SMILES string of the molecule is O=C(CSc1ccc(F)c(F)c1)NCCN1CCN(Cc2ccccc2)CC1. The predicted octanol–water partition coefficient (Wildman–Crippen LogP) is 2.99. The zero-order valence-electron chi connectivity index (χ0n) is 15.7. The maximum absolute atomic E-state index is 13.2. The van der Waals surface area contributed by atoms with E-state index in [-0.39, 0.29) is 11.7 Å². The minimum absolute atomic E-state index is 0.0996. The van der Waals surface area contributed by atoms with E-state index in [0.29, 0.717) is 11.4 Å². The van der Waals surface area contributed by atoms with E-state index >= 15 is 0 Å². The molecule has 4 nitrogen and oxygen atoms in total. The average Bonchev–Trinajstić information content (AvgIpc) is 2.71. The Balaban J connectivity index is 1.29. The van der Waals surface area contributed by atoms with E-state index in [1.54, 1.807) is 0 Å². The molecule has 1 saturated heterocycles. The molecular formula is C21H25F2N3OS. The van der Waals surface area contributed by atoms with Crippen LogP contribution in [-0.2, 0) is 11.3 Å². The van der Waals surface area contributed by atoms with Gasteiger partial charge in [0, 0.05) is 50.7 Å². The van der Waals surface area contributed by atoms with Crippen molar-refractivity contribution in [2.45, 2.75) is 11.4 Å². The van der Waals surface area contributed by atoms with Crippen LogP contribution in [-0.4, -0.2) is 60.7 Å². The number of amides is 1. The maximum Gasteiger partial charge on any atom is 0.230 e. The fourth-order valence-electron chi connectivity index (χ4n) is 3.13. The van der Waals surface area contributed by atoms with Gasteiger partial charge in [-0.1, -0.05) is 30.3 Å². The van der Waals surface area contributed by atoms with Crippen molar-refractivity contribution >= 4 is 17.7 Å². The van der Waals surface area contributed by atoms with Crippen LogP contribution in [0.4, 0.5) is 8.78 Å². The number of piperazine rings is 1. The molecule has 0 unspecified atom stereocenters. The molecule has 150 valence electrons. The standard InChI is InChI=1S/C21H25F2N3OS/c22-19-7-6-18(14-20(19)23)28-16-21(27)24-8-9-25-10-12-26(13-11-25)15-17-4-2-1-3-5-17/h1-7,14H,8-13,15-16H2,(H,24,27). The molecule has 1 aliphatic rings. The van der Waals surface area contributed by atoms with Gasteiger partial charge >= 0.3 is 0 Å². The van der Waals surface area contributed by atoms with Gasteiger partial charge in [0.05, 0.1) is 5.75 Å². The summed E-state index contributed by atoms with van der Waals surface area (Å²) in [6, 6.07) is 14.1. The second-order valence-corrected chi connectivity index (χ2v) is 7.87. The molecule has 0 aliphatic carbocycles. The van der Waals surface area contributed by atoms with Crippen LogP contribution in [0.15, 0.2) is 53.4 Å². The molecule has 1 heterocycles. The van der Waals surface area contributed by atoms with E-state index < -0.39 is 11.6 Å². The minimum Gasteiger partial charge on any atom is -0.354 e. The molecule has 1 aliphatic heterocycles. The van der Waals surface area contributed by atoms with Gasteiger partial charge in [0.1, 0.15) is 0 Å². The highest BCUT2D eigenvalue weighted by atomic mass is 32.2. The number of rotatable bonds is 8. The molecule has 1 fully saturated rings. The van der Waals surface area contributed by atoms with Gasteiger partial charge in [-0.25, -0.2) is 8.78 Å². The summed E-state index contributed by atoms with van der Waals surface area (Å²) in [6.07, 6.45) is 0. The lowest BCUT2D eigenvalue weighted by atomic mass is 10.2. The number of hydrogen-bond acceptors (Lipinski definition) is 4. The molecule has 2 aromatic carbocycles. The van der Waals surface area contributed by atoms with Crippen molar-refractivity contribution in [2.75, 3.05) is 45.0 Å². The summed E-state index contributed by atoms with van der Waals surface area (Å²) in [5, 5.41) is 2.89. The van der Waals surface area contributed by atoms with Crippen molar-refractivity contribution in [3.05, 3.63) is 65.7 Å². The van der Waals surface area contributed by atoms with Gasteiger partial charge in [0.25, 0.3) is 0 Å². The van der Waals surface area contributed by atoms with Crippen molar-refractivity contribution in [3.63, 3.8) is 0 Å². The molecule has 2 aromatic rings. The van der Waals surface area contributed by atoms with E-state index in [2.05, 4.69) is 39.4 Å². The van der Waals surface area contributed by atoms with E-state index in [9.17, 15) is 13.6 Å². The lowest BCUT2D eigenvalue weighted by Crippen LogP contribution is -2.48. The molecule has 0 saturated carbocycles. The zero-order chi connectivity index (χ0) is 19.8. The third-order valence-electron chi connectivity index (χ3n) is 4.73. The fourth-order valence-corrected chi connectivity index (χ4v) is 3.88. The lowest BCUT2D eigenvalue weighted by molar-refractivity contribution is -0.118.